The normalized spacial score (nSPS) is 10.8. The predicted molar refractivity (Wildman–Crippen MR) is 98.5 cm³/mol. The molecule has 28 heavy (non-hydrogen) atoms. The Labute approximate surface area is 156 Å². The molecule has 0 unspecified atom stereocenters. The molecule has 0 saturated carbocycles. The average molecular weight is 376 g/mol. The molecule has 2 aromatic carbocycles. The van der Waals surface area contributed by atoms with Crippen LogP contribution in [0.3, 0.4) is 0 Å². The first-order valence-corrected chi connectivity index (χ1v) is 8.02. The van der Waals surface area contributed by atoms with E-state index in [1.807, 2.05) is 5.43 Å². The second-order valence-electron chi connectivity index (χ2n) is 5.74. The van der Waals surface area contributed by atoms with Crippen LogP contribution in [-0.4, -0.2) is 31.8 Å². The summed E-state index contributed by atoms with van der Waals surface area (Å²) in [5, 5.41) is 0.803. The highest BCUT2D eigenvalue weighted by atomic mass is 16.5. The number of hydrogen-bond acceptors (Lipinski definition) is 8. The van der Waals surface area contributed by atoms with Gasteiger partial charge in [0.1, 0.15) is 6.33 Å². The zero-order chi connectivity index (χ0) is 19.7. The highest BCUT2D eigenvalue weighted by Crippen LogP contribution is 2.23. The Morgan fingerprint density at radius 2 is 1.68 bits per heavy atom. The van der Waals surface area contributed by atoms with Crippen molar-refractivity contribution in [2.24, 2.45) is 5.84 Å². The van der Waals surface area contributed by atoms with Gasteiger partial charge in [0.25, 0.3) is 11.5 Å². The fraction of sp³-hybridized carbons (Fsp3) is 0. The molecule has 10 nitrogen and oxygen atoms in total. The molecule has 0 radical (unpaired) electrons. The minimum Gasteiger partial charge on any atom is -0.403 e. The number of H-pyrrole nitrogens is 1. The molecule has 0 aliphatic heterocycles. The minimum absolute atomic E-state index is 0.0358. The summed E-state index contributed by atoms with van der Waals surface area (Å²) in [6.07, 6.45) is 2.48. The zero-order valence-corrected chi connectivity index (χ0v) is 14.2. The first-order valence-electron chi connectivity index (χ1n) is 8.02. The van der Waals surface area contributed by atoms with Gasteiger partial charge in [-0.15, -0.1) is 0 Å². The number of hydrogen-bond donors (Lipinski definition) is 3. The number of nitrogens with one attached hydrogen (secondary N) is 2. The van der Waals surface area contributed by atoms with E-state index in [1.54, 1.807) is 6.07 Å². The Morgan fingerprint density at radius 3 is 2.50 bits per heavy atom. The Morgan fingerprint density at radius 1 is 0.964 bits per heavy atom. The first-order chi connectivity index (χ1) is 13.6. The molecule has 4 N–H and O–H groups in total. The maximum atomic E-state index is 12.5. The van der Waals surface area contributed by atoms with Gasteiger partial charge in [-0.2, -0.15) is 0 Å². The molecule has 0 fully saturated rings. The number of amides is 1. The van der Waals surface area contributed by atoms with E-state index in [1.165, 1.54) is 43.0 Å². The van der Waals surface area contributed by atoms with E-state index >= 15 is 0 Å². The molecule has 2 aromatic heterocycles. The van der Waals surface area contributed by atoms with Crippen molar-refractivity contribution >= 4 is 33.7 Å². The van der Waals surface area contributed by atoms with Crippen LogP contribution in [0.2, 0.25) is 0 Å². The molecule has 0 aliphatic rings. The van der Waals surface area contributed by atoms with E-state index in [4.69, 9.17) is 10.6 Å². The van der Waals surface area contributed by atoms with Gasteiger partial charge in [0.05, 0.1) is 33.7 Å². The highest BCUT2D eigenvalue weighted by molar-refractivity contribution is 6.00. The molecule has 0 bridgehead atoms. The lowest BCUT2D eigenvalue weighted by atomic mass is 10.1. The molecule has 0 aliphatic carbocycles. The lowest BCUT2D eigenvalue weighted by molar-refractivity contribution is 0.0729. The number of ether oxygens (including phenoxy) is 1. The van der Waals surface area contributed by atoms with Gasteiger partial charge in [-0.25, -0.2) is 25.6 Å². The maximum Gasteiger partial charge on any atom is 0.344 e. The van der Waals surface area contributed by atoms with Crippen molar-refractivity contribution in [3.8, 4) is 5.88 Å². The van der Waals surface area contributed by atoms with Crippen LogP contribution >= 0.6 is 0 Å². The number of carbonyl (C=O) groups excluding carboxylic acids is 2. The van der Waals surface area contributed by atoms with Crippen LogP contribution in [0.4, 0.5) is 0 Å². The quantitative estimate of drug-likeness (QED) is 0.204. The summed E-state index contributed by atoms with van der Waals surface area (Å²) in [6.45, 7) is 0. The number of aromatic nitrogens is 4. The third-order valence-electron chi connectivity index (χ3n) is 4.06. The lowest BCUT2D eigenvalue weighted by Gasteiger charge is -2.07. The largest absolute Gasteiger partial charge is 0.403 e. The molecule has 0 saturated heterocycles. The molecule has 2 heterocycles. The fourth-order valence-corrected chi connectivity index (χ4v) is 2.68. The summed E-state index contributed by atoms with van der Waals surface area (Å²) in [6, 6.07) is 8.99. The van der Waals surface area contributed by atoms with Crippen molar-refractivity contribution in [3.05, 3.63) is 70.5 Å². The molecule has 0 spiro atoms. The Bertz CT molecular complexity index is 1300. The van der Waals surface area contributed by atoms with Crippen molar-refractivity contribution in [3.63, 3.8) is 0 Å². The third-order valence-corrected chi connectivity index (χ3v) is 4.06. The standard InChI is InChI=1S/C18H12N6O4/c19-24-15(25)9-1-4-12-14(5-9)21-8-23-17(12)28-18(27)10-2-3-11-13(6-10)20-7-22-16(11)26/h1-8H,19H2,(H,24,25)(H,20,22,26). The number of carbonyl (C=O) groups is 2. The van der Waals surface area contributed by atoms with Gasteiger partial charge in [0.15, 0.2) is 0 Å². The SMILES string of the molecule is NNC(=O)c1ccc2c(OC(=O)c3ccc4c(=O)[nH]cnc4c3)ncnc2c1. The van der Waals surface area contributed by atoms with Crippen LogP contribution in [0, 0.1) is 0 Å². The molecule has 138 valence electrons. The van der Waals surface area contributed by atoms with E-state index < -0.39 is 11.9 Å². The molecule has 10 heteroatoms. The van der Waals surface area contributed by atoms with Gasteiger partial charge in [0, 0.05) is 5.56 Å². The van der Waals surface area contributed by atoms with Crippen molar-refractivity contribution in [1.82, 2.24) is 25.4 Å². The van der Waals surface area contributed by atoms with E-state index in [0.717, 1.165) is 0 Å². The lowest BCUT2D eigenvalue weighted by Crippen LogP contribution is -2.29. The second-order valence-corrected chi connectivity index (χ2v) is 5.74. The third kappa shape index (κ3) is 3.04. The van der Waals surface area contributed by atoms with Crippen LogP contribution in [0.15, 0.2) is 53.8 Å². The number of rotatable bonds is 3. The fourth-order valence-electron chi connectivity index (χ4n) is 2.68. The number of esters is 1. The number of hydrazine groups is 1. The van der Waals surface area contributed by atoms with Crippen LogP contribution in [-0.2, 0) is 0 Å². The summed E-state index contributed by atoms with van der Waals surface area (Å²) in [7, 11) is 0. The number of nitrogen functional groups attached to an aromatic ring is 1. The van der Waals surface area contributed by atoms with Gasteiger partial charge in [-0.3, -0.25) is 15.0 Å². The summed E-state index contributed by atoms with van der Waals surface area (Å²) in [5.41, 5.74) is 3.01. The van der Waals surface area contributed by atoms with E-state index in [2.05, 4.69) is 19.9 Å². The zero-order valence-electron chi connectivity index (χ0n) is 14.2. The summed E-state index contributed by atoms with van der Waals surface area (Å²) in [4.78, 5) is 50.5. The first kappa shape index (κ1) is 17.2. The number of nitrogens with two attached hydrogens (primary N) is 1. The number of benzene rings is 2. The van der Waals surface area contributed by atoms with Gasteiger partial charge in [0.2, 0.25) is 5.88 Å². The highest BCUT2D eigenvalue weighted by Gasteiger charge is 2.15. The number of aromatic amines is 1. The van der Waals surface area contributed by atoms with Gasteiger partial charge in [-0.05, 0) is 36.4 Å². The van der Waals surface area contributed by atoms with E-state index in [0.29, 0.717) is 27.4 Å². The molecular weight excluding hydrogens is 364 g/mol. The van der Waals surface area contributed by atoms with Crippen molar-refractivity contribution in [1.29, 1.82) is 0 Å². The Balaban J connectivity index is 1.68. The molecular formula is C18H12N6O4. The van der Waals surface area contributed by atoms with E-state index in [-0.39, 0.29) is 17.0 Å². The molecule has 1 amide bonds. The van der Waals surface area contributed by atoms with Gasteiger partial charge < -0.3 is 9.72 Å². The summed E-state index contributed by atoms with van der Waals surface area (Å²) >= 11 is 0. The van der Waals surface area contributed by atoms with E-state index in [9.17, 15) is 14.4 Å². The van der Waals surface area contributed by atoms with Crippen LogP contribution in [0.1, 0.15) is 20.7 Å². The smallest absolute Gasteiger partial charge is 0.344 e. The van der Waals surface area contributed by atoms with Crippen molar-refractivity contribution in [2.75, 3.05) is 0 Å². The summed E-state index contributed by atoms with van der Waals surface area (Å²) < 4.78 is 5.39. The predicted octanol–water partition coefficient (Wildman–Crippen LogP) is 0.689. The number of nitrogens with zero attached hydrogens (tertiary/aromatic N) is 3. The molecule has 0 atom stereocenters. The van der Waals surface area contributed by atoms with Gasteiger partial charge in [-0.1, -0.05) is 0 Å². The van der Waals surface area contributed by atoms with Crippen LogP contribution in [0.5, 0.6) is 5.88 Å². The minimum atomic E-state index is -0.673. The average Bonchev–Trinajstić information content (AvgIpc) is 2.73. The Kier molecular flexibility index (Phi) is 4.22. The van der Waals surface area contributed by atoms with Crippen LogP contribution in [0.25, 0.3) is 21.8 Å². The second kappa shape index (κ2) is 6.85. The Hall–Kier alpha value is -4.18. The van der Waals surface area contributed by atoms with Crippen molar-refractivity contribution < 1.29 is 14.3 Å². The summed E-state index contributed by atoms with van der Waals surface area (Å²) in [5.74, 6) is 4.02. The van der Waals surface area contributed by atoms with Crippen LogP contribution < -0.4 is 21.6 Å². The molecule has 4 aromatic rings. The maximum absolute atomic E-state index is 12.5. The van der Waals surface area contributed by atoms with Gasteiger partial charge >= 0.3 is 5.97 Å². The monoisotopic (exact) mass is 376 g/mol. The van der Waals surface area contributed by atoms with Crippen molar-refractivity contribution in [2.45, 2.75) is 0 Å². The number of fused-ring (bicyclic) bond motifs is 2. The molecule has 4 rings (SSSR count). The topological polar surface area (TPSA) is 153 Å².